The Morgan fingerprint density at radius 3 is 0.554 bits per heavy atom. The second kappa shape index (κ2) is 47.7. The van der Waals surface area contributed by atoms with E-state index in [0.717, 1.165) is 22.8 Å². The van der Waals surface area contributed by atoms with E-state index in [1.54, 1.807) is 143 Å². The predicted octanol–water partition coefficient (Wildman–Crippen LogP) is 11.2. The molecule has 776 valence electrons. The third-order valence-corrected chi connectivity index (χ3v) is 31.9. The quantitative estimate of drug-likeness (QED) is 0.0283. The molecule has 16 rings (SSSR count). The molecule has 12 aromatic heterocycles. The average molecular weight is 2100 g/mol. The van der Waals surface area contributed by atoms with E-state index in [2.05, 4.69) is 101 Å². The van der Waals surface area contributed by atoms with Crippen LogP contribution in [0.25, 0.3) is 68.8 Å². The lowest BCUT2D eigenvalue weighted by molar-refractivity contribution is 0.170. The Hall–Kier alpha value is -15.6. The van der Waals surface area contributed by atoms with E-state index >= 15 is 0 Å². The maximum absolute atomic E-state index is 13.5. The van der Waals surface area contributed by atoms with Gasteiger partial charge in [-0.1, -0.05) is 48.5 Å². The number of benzene rings is 4. The minimum Gasteiger partial charge on any atom is -0.494 e. The standard InChI is InChI=1S/4C25H28N6O5S/c4*1-15-8-6-9-18(28-15)25-30-29-22(31(25)23-20(35-4)10-7-11-21(23)36-5)14-37(33,34)17(3)24(32)19-13-26-16(2)12-27-19/h4*6-13,17,24,32H,14H2,1-5H3/t2*17-,24+;2*17-,24-/m1010/s1. The van der Waals surface area contributed by atoms with Gasteiger partial charge in [0.2, 0.25) is 0 Å². The van der Waals surface area contributed by atoms with Gasteiger partial charge in [-0.05, 0) is 180 Å². The van der Waals surface area contributed by atoms with Crippen LogP contribution in [0.15, 0.2) is 195 Å². The normalized spacial score (nSPS) is 13.2. The van der Waals surface area contributed by atoms with E-state index in [9.17, 15) is 54.1 Å². The lowest BCUT2D eigenvalue weighted by Gasteiger charge is -2.20. The van der Waals surface area contributed by atoms with Crippen LogP contribution in [0.1, 0.15) is 144 Å². The highest BCUT2D eigenvalue weighted by Gasteiger charge is 2.40. The molecule has 0 radical (unpaired) electrons. The third-order valence-electron chi connectivity index (χ3n) is 23.7. The molecule has 0 bridgehead atoms. The predicted molar refractivity (Wildman–Crippen MR) is 545 cm³/mol. The molecule has 44 nitrogen and oxygen atoms in total. The summed E-state index contributed by atoms with van der Waals surface area (Å²) in [6.07, 6.45) is 5.86. The number of ether oxygens (including phenoxy) is 8. The summed E-state index contributed by atoms with van der Waals surface area (Å²) in [6, 6.07) is 42.6. The van der Waals surface area contributed by atoms with Crippen LogP contribution in [0.4, 0.5) is 0 Å². The van der Waals surface area contributed by atoms with Gasteiger partial charge in [-0.2, -0.15) is 0 Å². The molecule has 148 heavy (non-hydrogen) atoms. The number of aliphatic hydroxyl groups is 4. The largest absolute Gasteiger partial charge is 0.494 e. The molecule has 4 N–H and O–H groups in total. The van der Waals surface area contributed by atoms with Crippen LogP contribution >= 0.6 is 0 Å². The van der Waals surface area contributed by atoms with Gasteiger partial charge >= 0.3 is 0 Å². The van der Waals surface area contributed by atoms with Crippen molar-refractivity contribution >= 4 is 39.3 Å². The monoisotopic (exact) mass is 2100 g/mol. The molecule has 0 fully saturated rings. The van der Waals surface area contributed by atoms with E-state index in [-0.39, 0.29) is 46.1 Å². The van der Waals surface area contributed by atoms with Gasteiger partial charge in [-0.15, -0.1) is 40.8 Å². The first-order chi connectivity index (χ1) is 70.6. The molecule has 0 unspecified atom stereocenters. The molecule has 12 heterocycles. The molecule has 0 aliphatic rings. The Balaban J connectivity index is 0.000000165. The fourth-order valence-electron chi connectivity index (χ4n) is 15.3. The first kappa shape index (κ1) is 110. The summed E-state index contributed by atoms with van der Waals surface area (Å²) in [5, 5.41) is 72.5. The van der Waals surface area contributed by atoms with Gasteiger partial charge < -0.3 is 58.3 Å². The molecular weight excluding hydrogens is 1990 g/mol. The highest BCUT2D eigenvalue weighted by atomic mass is 32.2. The fourth-order valence-corrected chi connectivity index (χ4v) is 20.7. The fraction of sp³-hybridized carbons (Fsp3) is 0.320. The highest BCUT2D eigenvalue weighted by Crippen LogP contribution is 2.43. The van der Waals surface area contributed by atoms with E-state index < -0.39 is 108 Å². The van der Waals surface area contributed by atoms with Crippen LogP contribution in [0, 0.1) is 55.4 Å². The summed E-state index contributed by atoms with van der Waals surface area (Å²) in [6.45, 7) is 20.1. The van der Waals surface area contributed by atoms with Crippen molar-refractivity contribution in [3.8, 4) is 115 Å². The number of para-hydroxylation sites is 4. The van der Waals surface area contributed by atoms with Crippen molar-refractivity contribution in [3.63, 3.8) is 0 Å². The number of sulfone groups is 4. The van der Waals surface area contributed by atoms with Crippen molar-refractivity contribution in [1.82, 2.24) is 119 Å². The van der Waals surface area contributed by atoms with Crippen molar-refractivity contribution in [3.05, 3.63) is 287 Å². The zero-order valence-electron chi connectivity index (χ0n) is 84.6. The summed E-state index contributed by atoms with van der Waals surface area (Å²) < 4.78 is 159. The van der Waals surface area contributed by atoms with Gasteiger partial charge in [-0.25, -0.2) is 53.6 Å². The number of aromatic nitrogens is 24. The zero-order valence-corrected chi connectivity index (χ0v) is 87.9. The second-order valence-corrected chi connectivity index (χ2v) is 43.4. The molecule has 0 saturated carbocycles. The molecule has 0 aliphatic heterocycles. The van der Waals surface area contributed by atoms with Crippen molar-refractivity contribution in [2.45, 2.75) is 152 Å². The molecule has 0 amide bonds. The Kier molecular flexibility index (Phi) is 35.3. The molecule has 4 aromatic carbocycles. The van der Waals surface area contributed by atoms with E-state index in [4.69, 9.17) is 37.9 Å². The SMILES string of the molecule is COc1cccc(OC)c1-n1c(CS(=O)(=O)[C@@H](C)[C@@H](O)c2cnc(C)cn2)nnc1-c1cccc(C)n1.COc1cccc(OC)c1-n1c(CS(=O)(=O)[C@@H](C)[C@H](O)c2cnc(C)cn2)nnc1-c1cccc(C)n1.COc1cccc(OC)c1-n1c(CS(=O)(=O)[C@H](C)[C@@H](O)c2cnc(C)cn2)nnc1-c1cccc(C)n1.COc1cccc(OC)c1-n1c(CS(=O)(=O)[C@H](C)[C@H](O)c2cnc(C)cn2)nnc1-c1cccc(C)n1. The number of nitrogens with zero attached hydrogens (tertiary/aromatic N) is 24. The van der Waals surface area contributed by atoms with E-state index in [1.807, 2.05) is 76.2 Å². The van der Waals surface area contributed by atoms with Gasteiger partial charge in [0, 0.05) is 47.6 Å². The summed E-state index contributed by atoms with van der Waals surface area (Å²) in [7, 11) is -3.81. The maximum atomic E-state index is 13.5. The van der Waals surface area contributed by atoms with Gasteiger partial charge in [0.1, 0.15) is 139 Å². The maximum Gasteiger partial charge on any atom is 0.187 e. The average Bonchev–Trinajstić information content (AvgIpc) is 1.61. The van der Waals surface area contributed by atoms with E-state index in [0.29, 0.717) is 138 Å². The van der Waals surface area contributed by atoms with Crippen molar-refractivity contribution < 1.29 is 92.0 Å². The lowest BCUT2D eigenvalue weighted by atomic mass is 10.2. The Morgan fingerprint density at radius 2 is 0.405 bits per heavy atom. The molecule has 0 spiro atoms. The van der Waals surface area contributed by atoms with Gasteiger partial charge in [0.25, 0.3) is 0 Å². The number of aryl methyl sites for hydroxylation is 8. The van der Waals surface area contributed by atoms with E-state index in [1.165, 1.54) is 134 Å². The van der Waals surface area contributed by atoms with Crippen LogP contribution in [0.3, 0.4) is 0 Å². The zero-order chi connectivity index (χ0) is 107. The third kappa shape index (κ3) is 24.9. The van der Waals surface area contributed by atoms with Crippen molar-refractivity contribution in [2.24, 2.45) is 0 Å². The number of hydrogen-bond donors (Lipinski definition) is 4. The first-order valence-corrected chi connectivity index (χ1v) is 52.6. The smallest absolute Gasteiger partial charge is 0.187 e. The summed E-state index contributed by atoms with van der Waals surface area (Å²) in [5.41, 5.74) is 9.99. The highest BCUT2D eigenvalue weighted by molar-refractivity contribution is 7.92. The number of aliphatic hydroxyl groups excluding tert-OH is 4. The minimum absolute atomic E-state index is 0.107. The van der Waals surface area contributed by atoms with Crippen LogP contribution in [-0.2, 0) is 62.4 Å². The molecular formula is C100H112N24O20S4. The van der Waals surface area contributed by atoms with Crippen LogP contribution in [0.5, 0.6) is 46.0 Å². The van der Waals surface area contributed by atoms with Crippen LogP contribution in [0.2, 0.25) is 0 Å². The molecule has 0 aliphatic carbocycles. The topological polar surface area (TPSA) is 569 Å². The molecule has 8 atom stereocenters. The number of rotatable bonds is 36. The van der Waals surface area contributed by atoms with Crippen LogP contribution < -0.4 is 37.9 Å². The number of methoxy groups -OCH3 is 8. The molecule has 0 saturated heterocycles. The van der Waals surface area contributed by atoms with Crippen molar-refractivity contribution in [2.75, 3.05) is 56.9 Å². The summed E-state index contributed by atoms with van der Waals surface area (Å²) in [5.74, 6) is 3.00. The Bertz CT molecular complexity index is 6840. The Morgan fingerprint density at radius 1 is 0.236 bits per heavy atom. The summed E-state index contributed by atoms with van der Waals surface area (Å²) in [4.78, 5) is 51.2. The van der Waals surface area contributed by atoms with Crippen molar-refractivity contribution in [1.29, 1.82) is 0 Å². The second-order valence-electron chi connectivity index (χ2n) is 34.0. The lowest BCUT2D eigenvalue weighted by Crippen LogP contribution is -2.28. The first-order valence-electron chi connectivity index (χ1n) is 45.8. The number of hydrogen-bond acceptors (Lipinski definition) is 40. The summed E-state index contributed by atoms with van der Waals surface area (Å²) >= 11 is 0. The molecule has 48 heteroatoms. The minimum atomic E-state index is -3.96. The number of pyridine rings is 4. The Labute approximate surface area is 855 Å². The molecule has 16 aromatic rings. The van der Waals surface area contributed by atoms with Crippen LogP contribution in [-0.4, -0.2) is 251 Å². The van der Waals surface area contributed by atoms with Gasteiger partial charge in [0.05, 0.1) is 148 Å². The van der Waals surface area contributed by atoms with Gasteiger partial charge in [-0.3, -0.25) is 58.1 Å². The van der Waals surface area contributed by atoms with Gasteiger partial charge in [0.15, 0.2) is 85.9 Å².